The van der Waals surface area contributed by atoms with Gasteiger partial charge in [0, 0.05) is 25.2 Å². The van der Waals surface area contributed by atoms with Crippen molar-refractivity contribution in [1.29, 1.82) is 0 Å². The molecule has 1 aliphatic heterocycles. The fourth-order valence-electron chi connectivity index (χ4n) is 3.06. The van der Waals surface area contributed by atoms with Crippen LogP contribution in [0.15, 0.2) is 47.4 Å². The van der Waals surface area contributed by atoms with E-state index in [9.17, 15) is 13.2 Å². The van der Waals surface area contributed by atoms with Crippen LogP contribution in [0.25, 0.3) is 0 Å². The highest BCUT2D eigenvalue weighted by Crippen LogP contribution is 2.28. The normalized spacial score (nSPS) is 14.8. The number of ether oxygens (including phenoxy) is 1. The van der Waals surface area contributed by atoms with E-state index in [1.807, 2.05) is 31.2 Å². The Morgan fingerprint density at radius 1 is 1.14 bits per heavy atom. The zero-order chi connectivity index (χ0) is 20.1. The number of hydrogen-bond acceptors (Lipinski definition) is 4. The Morgan fingerprint density at radius 2 is 1.82 bits per heavy atom. The lowest BCUT2D eigenvalue weighted by atomic mass is 10.2. The third kappa shape index (κ3) is 4.66. The topological polar surface area (TPSA) is 75.7 Å². The van der Waals surface area contributed by atoms with Gasteiger partial charge in [0.25, 0.3) is 5.91 Å². The SMILES string of the molecule is CCOc1ccc(CNC(=O)c2ccc(Cl)c(S(=O)(=O)N3CCCC3)c2)cc1. The Labute approximate surface area is 170 Å². The molecule has 6 nitrogen and oxygen atoms in total. The summed E-state index contributed by atoms with van der Waals surface area (Å²) in [6.07, 6.45) is 1.66. The molecule has 1 fully saturated rings. The number of carbonyl (C=O) groups excluding carboxylic acids is 1. The molecule has 150 valence electrons. The summed E-state index contributed by atoms with van der Waals surface area (Å²) >= 11 is 6.13. The first kappa shape index (κ1) is 20.6. The minimum Gasteiger partial charge on any atom is -0.494 e. The molecule has 1 aliphatic rings. The van der Waals surface area contributed by atoms with E-state index in [1.165, 1.54) is 22.5 Å². The lowest BCUT2D eigenvalue weighted by Gasteiger charge is -2.17. The van der Waals surface area contributed by atoms with Crippen LogP contribution in [0.4, 0.5) is 0 Å². The number of halogens is 1. The molecule has 0 aromatic heterocycles. The second-order valence-electron chi connectivity index (χ2n) is 6.52. The van der Waals surface area contributed by atoms with Gasteiger partial charge in [0.2, 0.25) is 10.0 Å². The van der Waals surface area contributed by atoms with Crippen LogP contribution in [-0.4, -0.2) is 38.3 Å². The van der Waals surface area contributed by atoms with Crippen molar-refractivity contribution in [2.45, 2.75) is 31.2 Å². The summed E-state index contributed by atoms with van der Waals surface area (Å²) in [5.41, 5.74) is 1.17. The third-order valence-electron chi connectivity index (χ3n) is 4.56. The molecule has 0 aliphatic carbocycles. The van der Waals surface area contributed by atoms with Gasteiger partial charge in [0.15, 0.2) is 0 Å². The van der Waals surface area contributed by atoms with Crippen molar-refractivity contribution < 1.29 is 17.9 Å². The number of sulfonamides is 1. The molecule has 0 atom stereocenters. The number of carbonyl (C=O) groups is 1. The van der Waals surface area contributed by atoms with Gasteiger partial charge in [-0.15, -0.1) is 0 Å². The van der Waals surface area contributed by atoms with E-state index in [4.69, 9.17) is 16.3 Å². The predicted octanol–water partition coefficient (Wildman–Crippen LogP) is 3.45. The molecule has 8 heteroatoms. The molecule has 0 radical (unpaired) electrons. The van der Waals surface area contributed by atoms with Gasteiger partial charge in [-0.05, 0) is 55.7 Å². The van der Waals surface area contributed by atoms with E-state index in [0.29, 0.717) is 26.2 Å². The summed E-state index contributed by atoms with van der Waals surface area (Å²) in [6, 6.07) is 11.8. The van der Waals surface area contributed by atoms with E-state index in [2.05, 4.69) is 5.32 Å². The maximum Gasteiger partial charge on any atom is 0.251 e. The minimum absolute atomic E-state index is 0.0233. The largest absolute Gasteiger partial charge is 0.494 e. The van der Waals surface area contributed by atoms with Gasteiger partial charge < -0.3 is 10.1 Å². The average molecular weight is 423 g/mol. The van der Waals surface area contributed by atoms with Crippen molar-refractivity contribution in [3.05, 3.63) is 58.6 Å². The van der Waals surface area contributed by atoms with Crippen molar-refractivity contribution in [2.24, 2.45) is 0 Å². The molecule has 1 N–H and O–H groups in total. The van der Waals surface area contributed by atoms with E-state index in [1.54, 1.807) is 0 Å². The molecule has 3 rings (SSSR count). The second kappa shape index (κ2) is 8.94. The van der Waals surface area contributed by atoms with E-state index >= 15 is 0 Å². The zero-order valence-corrected chi connectivity index (χ0v) is 17.2. The van der Waals surface area contributed by atoms with Crippen molar-refractivity contribution in [1.82, 2.24) is 9.62 Å². The number of benzene rings is 2. The number of hydrogen-bond donors (Lipinski definition) is 1. The van der Waals surface area contributed by atoms with Crippen LogP contribution in [-0.2, 0) is 16.6 Å². The molecular formula is C20H23ClN2O4S. The van der Waals surface area contributed by atoms with E-state index < -0.39 is 10.0 Å². The van der Waals surface area contributed by atoms with Crippen LogP contribution >= 0.6 is 11.6 Å². The monoisotopic (exact) mass is 422 g/mol. The first-order valence-electron chi connectivity index (χ1n) is 9.21. The Bertz CT molecular complexity index is 939. The Kier molecular flexibility index (Phi) is 6.59. The predicted molar refractivity (Wildman–Crippen MR) is 108 cm³/mol. The van der Waals surface area contributed by atoms with Crippen LogP contribution in [0.1, 0.15) is 35.7 Å². The molecule has 0 unspecified atom stereocenters. The molecule has 2 aromatic carbocycles. The van der Waals surface area contributed by atoms with E-state index in [0.717, 1.165) is 24.2 Å². The van der Waals surface area contributed by atoms with Gasteiger partial charge in [-0.2, -0.15) is 4.31 Å². The number of nitrogens with one attached hydrogen (secondary N) is 1. The van der Waals surface area contributed by atoms with Gasteiger partial charge >= 0.3 is 0 Å². The molecule has 0 saturated carbocycles. The van der Waals surface area contributed by atoms with Crippen LogP contribution < -0.4 is 10.1 Å². The molecule has 0 bridgehead atoms. The lowest BCUT2D eigenvalue weighted by Crippen LogP contribution is -2.29. The van der Waals surface area contributed by atoms with Crippen LogP contribution in [0.2, 0.25) is 5.02 Å². The first-order chi connectivity index (χ1) is 13.4. The Balaban J connectivity index is 1.72. The molecule has 1 heterocycles. The van der Waals surface area contributed by atoms with Crippen molar-refractivity contribution in [2.75, 3.05) is 19.7 Å². The third-order valence-corrected chi connectivity index (χ3v) is 6.94. The Morgan fingerprint density at radius 3 is 2.46 bits per heavy atom. The van der Waals surface area contributed by atoms with Crippen LogP contribution in [0.3, 0.4) is 0 Å². The first-order valence-corrected chi connectivity index (χ1v) is 11.0. The summed E-state index contributed by atoms with van der Waals surface area (Å²) in [6.45, 7) is 3.79. The zero-order valence-electron chi connectivity index (χ0n) is 15.7. The summed E-state index contributed by atoms with van der Waals surface area (Å²) in [7, 11) is -3.70. The maximum absolute atomic E-state index is 12.8. The summed E-state index contributed by atoms with van der Waals surface area (Å²) in [5, 5.41) is 2.92. The molecule has 28 heavy (non-hydrogen) atoms. The maximum atomic E-state index is 12.8. The van der Waals surface area contributed by atoms with Gasteiger partial charge in [-0.1, -0.05) is 23.7 Å². The second-order valence-corrected chi connectivity index (χ2v) is 8.83. The fraction of sp³-hybridized carbons (Fsp3) is 0.350. The average Bonchev–Trinajstić information content (AvgIpc) is 3.23. The quantitative estimate of drug-likeness (QED) is 0.741. The van der Waals surface area contributed by atoms with E-state index in [-0.39, 0.29) is 21.4 Å². The smallest absolute Gasteiger partial charge is 0.251 e. The number of rotatable bonds is 7. The van der Waals surface area contributed by atoms with Gasteiger partial charge in [0.05, 0.1) is 11.6 Å². The Hall–Kier alpha value is -2.09. The van der Waals surface area contributed by atoms with Crippen molar-refractivity contribution in [3.63, 3.8) is 0 Å². The molecular weight excluding hydrogens is 400 g/mol. The molecule has 1 saturated heterocycles. The summed E-state index contributed by atoms with van der Waals surface area (Å²) in [4.78, 5) is 12.5. The minimum atomic E-state index is -3.70. The molecule has 2 aromatic rings. The van der Waals surface area contributed by atoms with Gasteiger partial charge in [-0.25, -0.2) is 8.42 Å². The molecule has 0 spiro atoms. The number of amides is 1. The highest BCUT2D eigenvalue weighted by molar-refractivity contribution is 7.89. The lowest BCUT2D eigenvalue weighted by molar-refractivity contribution is 0.0950. The van der Waals surface area contributed by atoms with Crippen LogP contribution in [0, 0.1) is 0 Å². The van der Waals surface area contributed by atoms with Crippen molar-refractivity contribution in [3.8, 4) is 5.75 Å². The summed E-state index contributed by atoms with van der Waals surface area (Å²) < 4.78 is 32.4. The standard InChI is InChI=1S/C20H23ClN2O4S/c1-2-27-17-8-5-15(6-9-17)14-22-20(24)16-7-10-18(21)19(13-16)28(25,26)23-11-3-4-12-23/h5-10,13H,2-4,11-12,14H2,1H3,(H,22,24). The number of nitrogens with zero attached hydrogens (tertiary/aromatic N) is 1. The van der Waals surface area contributed by atoms with Crippen molar-refractivity contribution >= 4 is 27.5 Å². The van der Waals surface area contributed by atoms with Crippen LogP contribution in [0.5, 0.6) is 5.75 Å². The molecule has 1 amide bonds. The fourth-order valence-corrected chi connectivity index (χ4v) is 5.08. The van der Waals surface area contributed by atoms with Gasteiger partial charge in [-0.3, -0.25) is 4.79 Å². The highest BCUT2D eigenvalue weighted by Gasteiger charge is 2.29. The summed E-state index contributed by atoms with van der Waals surface area (Å²) in [5.74, 6) is 0.412. The van der Waals surface area contributed by atoms with Gasteiger partial charge in [0.1, 0.15) is 10.6 Å². The highest BCUT2D eigenvalue weighted by atomic mass is 35.5.